The Bertz CT molecular complexity index is 571. The number of nitrogens with two attached hydrogens (primary N) is 1. The summed E-state index contributed by atoms with van der Waals surface area (Å²) < 4.78 is 0. The molecule has 0 heterocycles. The summed E-state index contributed by atoms with van der Waals surface area (Å²) in [5, 5.41) is 11.3. The molecule has 3 N–H and O–H groups in total. The highest BCUT2D eigenvalue weighted by Gasteiger charge is 2.19. The average molecular weight is 280 g/mol. The van der Waals surface area contributed by atoms with E-state index in [0.29, 0.717) is 6.42 Å². The van der Waals surface area contributed by atoms with Crippen LogP contribution < -0.4 is 5.73 Å². The summed E-state index contributed by atoms with van der Waals surface area (Å²) >= 11 is 0. The lowest BCUT2D eigenvalue weighted by Gasteiger charge is -2.16. The average Bonchev–Trinajstić information content (AvgIpc) is 2.37. The first-order chi connectivity index (χ1) is 8.58. The summed E-state index contributed by atoms with van der Waals surface area (Å²) in [5.41, 5.74) is 6.99. The molecule has 0 bridgehead atoms. The monoisotopic (exact) mass is 279 g/mol. The third-order valence-corrected chi connectivity index (χ3v) is 3.32. The molecule has 0 saturated heterocycles. The number of carbonyl (C=O) groups is 1. The summed E-state index contributed by atoms with van der Waals surface area (Å²) in [6.45, 7) is 1.65. The number of hydrogen-bond donors (Lipinski definition) is 2. The SMILES string of the molecule is CC(C(=O)O)[C@@H](N)Cc1ccc2ccccc2c1.Cl. The maximum atomic E-state index is 10.9. The van der Waals surface area contributed by atoms with E-state index in [2.05, 4.69) is 12.1 Å². The van der Waals surface area contributed by atoms with Gasteiger partial charge in [0.05, 0.1) is 5.92 Å². The molecule has 19 heavy (non-hydrogen) atoms. The van der Waals surface area contributed by atoms with Crippen LogP contribution in [0.2, 0.25) is 0 Å². The molecule has 0 fully saturated rings. The Hall–Kier alpha value is -1.58. The van der Waals surface area contributed by atoms with Crippen LogP contribution >= 0.6 is 12.4 Å². The lowest BCUT2D eigenvalue weighted by atomic mass is 9.95. The molecular weight excluding hydrogens is 262 g/mol. The fraction of sp³-hybridized carbons (Fsp3) is 0.267. The van der Waals surface area contributed by atoms with Crippen molar-refractivity contribution < 1.29 is 9.90 Å². The molecule has 3 nitrogen and oxygen atoms in total. The predicted octanol–water partition coefficient (Wildman–Crippen LogP) is 2.85. The number of rotatable bonds is 4. The van der Waals surface area contributed by atoms with E-state index in [4.69, 9.17) is 10.8 Å². The van der Waals surface area contributed by atoms with Crippen molar-refractivity contribution in [1.29, 1.82) is 0 Å². The molecule has 4 heteroatoms. The van der Waals surface area contributed by atoms with Gasteiger partial charge in [0.1, 0.15) is 0 Å². The molecule has 0 radical (unpaired) electrons. The molecule has 2 aromatic rings. The summed E-state index contributed by atoms with van der Waals surface area (Å²) in [5.74, 6) is -1.38. The van der Waals surface area contributed by atoms with Crippen molar-refractivity contribution in [2.24, 2.45) is 11.7 Å². The van der Waals surface area contributed by atoms with Gasteiger partial charge in [-0.15, -0.1) is 12.4 Å². The second kappa shape index (κ2) is 6.55. The third kappa shape index (κ3) is 3.69. The van der Waals surface area contributed by atoms with Crippen LogP contribution in [0.4, 0.5) is 0 Å². The van der Waals surface area contributed by atoms with Crippen LogP contribution in [0, 0.1) is 5.92 Å². The van der Waals surface area contributed by atoms with Gasteiger partial charge in [-0.2, -0.15) is 0 Å². The van der Waals surface area contributed by atoms with Gasteiger partial charge in [-0.25, -0.2) is 0 Å². The van der Waals surface area contributed by atoms with Gasteiger partial charge < -0.3 is 10.8 Å². The number of benzene rings is 2. The van der Waals surface area contributed by atoms with Crippen LogP contribution in [0.5, 0.6) is 0 Å². The highest BCUT2D eigenvalue weighted by atomic mass is 35.5. The minimum absolute atomic E-state index is 0. The molecule has 2 atom stereocenters. The Labute approximate surface area is 118 Å². The highest BCUT2D eigenvalue weighted by molar-refractivity contribution is 5.85. The first-order valence-electron chi connectivity index (χ1n) is 6.04. The largest absolute Gasteiger partial charge is 0.481 e. The number of carboxylic acid groups (broad SMARTS) is 1. The molecule has 0 saturated carbocycles. The van der Waals surface area contributed by atoms with Crippen molar-refractivity contribution in [2.75, 3.05) is 0 Å². The topological polar surface area (TPSA) is 63.3 Å². The molecule has 0 aliphatic carbocycles. The molecule has 0 spiro atoms. The molecule has 0 aliphatic heterocycles. The van der Waals surface area contributed by atoms with Crippen LogP contribution in [0.15, 0.2) is 42.5 Å². The first kappa shape index (κ1) is 15.5. The van der Waals surface area contributed by atoms with Crippen LogP contribution in [0.3, 0.4) is 0 Å². The zero-order valence-electron chi connectivity index (χ0n) is 10.7. The number of aliphatic carboxylic acids is 1. The van der Waals surface area contributed by atoms with E-state index in [9.17, 15) is 4.79 Å². The van der Waals surface area contributed by atoms with Crippen LogP contribution in [-0.4, -0.2) is 17.1 Å². The van der Waals surface area contributed by atoms with Crippen molar-refractivity contribution in [3.63, 3.8) is 0 Å². The van der Waals surface area contributed by atoms with Crippen LogP contribution in [-0.2, 0) is 11.2 Å². The van der Waals surface area contributed by atoms with Gasteiger partial charge >= 0.3 is 5.97 Å². The van der Waals surface area contributed by atoms with E-state index < -0.39 is 11.9 Å². The van der Waals surface area contributed by atoms with Gasteiger partial charge in [0.25, 0.3) is 0 Å². The Morgan fingerprint density at radius 2 is 1.84 bits per heavy atom. The van der Waals surface area contributed by atoms with Gasteiger partial charge in [-0.3, -0.25) is 4.79 Å². The fourth-order valence-electron chi connectivity index (χ4n) is 2.00. The van der Waals surface area contributed by atoms with Crippen LogP contribution in [0.25, 0.3) is 10.8 Å². The number of fused-ring (bicyclic) bond motifs is 1. The molecule has 0 aliphatic rings. The molecule has 102 valence electrons. The number of hydrogen-bond acceptors (Lipinski definition) is 2. The molecule has 0 aromatic heterocycles. The van der Waals surface area contributed by atoms with E-state index in [-0.39, 0.29) is 18.4 Å². The predicted molar refractivity (Wildman–Crippen MR) is 79.7 cm³/mol. The number of halogens is 1. The lowest BCUT2D eigenvalue weighted by molar-refractivity contribution is -0.141. The van der Waals surface area contributed by atoms with Gasteiger partial charge in [-0.05, 0) is 22.8 Å². The summed E-state index contributed by atoms with van der Waals surface area (Å²) in [4.78, 5) is 10.9. The quantitative estimate of drug-likeness (QED) is 0.904. The standard InChI is InChI=1S/C15H17NO2.ClH/c1-10(15(17)18)14(16)9-11-6-7-12-4-2-3-5-13(12)8-11;/h2-8,10,14H,9,16H2,1H3,(H,17,18);1H/t10?,14-;/m0./s1. The second-order valence-corrected chi connectivity index (χ2v) is 4.68. The van der Waals surface area contributed by atoms with Crippen molar-refractivity contribution in [2.45, 2.75) is 19.4 Å². The van der Waals surface area contributed by atoms with Gasteiger partial charge in [0.2, 0.25) is 0 Å². The summed E-state index contributed by atoms with van der Waals surface area (Å²) in [6.07, 6.45) is 0.582. The van der Waals surface area contributed by atoms with Crippen LogP contribution in [0.1, 0.15) is 12.5 Å². The second-order valence-electron chi connectivity index (χ2n) is 4.68. The Balaban J connectivity index is 0.00000180. The minimum Gasteiger partial charge on any atom is -0.481 e. The number of carboxylic acids is 1. The summed E-state index contributed by atoms with van der Waals surface area (Å²) in [7, 11) is 0. The molecule has 2 rings (SSSR count). The Morgan fingerprint density at radius 1 is 1.21 bits per heavy atom. The van der Waals surface area contributed by atoms with E-state index in [1.165, 1.54) is 5.39 Å². The van der Waals surface area contributed by atoms with E-state index in [0.717, 1.165) is 10.9 Å². The molecule has 0 amide bonds. The maximum absolute atomic E-state index is 10.9. The van der Waals surface area contributed by atoms with Crippen molar-refractivity contribution in [3.05, 3.63) is 48.0 Å². The lowest BCUT2D eigenvalue weighted by Crippen LogP contribution is -2.35. The smallest absolute Gasteiger partial charge is 0.307 e. The Kier molecular flexibility index (Phi) is 5.33. The zero-order chi connectivity index (χ0) is 13.1. The fourth-order valence-corrected chi connectivity index (χ4v) is 2.00. The summed E-state index contributed by atoms with van der Waals surface area (Å²) in [6, 6.07) is 13.9. The maximum Gasteiger partial charge on any atom is 0.307 e. The van der Waals surface area contributed by atoms with Gasteiger partial charge in [-0.1, -0.05) is 49.4 Å². The van der Waals surface area contributed by atoms with Crippen molar-refractivity contribution in [1.82, 2.24) is 0 Å². The Morgan fingerprint density at radius 3 is 2.47 bits per heavy atom. The first-order valence-corrected chi connectivity index (χ1v) is 6.04. The molecular formula is C15H18ClNO2. The molecule has 1 unspecified atom stereocenters. The van der Waals surface area contributed by atoms with E-state index >= 15 is 0 Å². The third-order valence-electron chi connectivity index (χ3n) is 3.32. The van der Waals surface area contributed by atoms with Gasteiger partial charge in [0, 0.05) is 6.04 Å². The van der Waals surface area contributed by atoms with Crippen molar-refractivity contribution in [3.8, 4) is 0 Å². The molecule has 2 aromatic carbocycles. The normalized spacial score (nSPS) is 13.6. The highest BCUT2D eigenvalue weighted by Crippen LogP contribution is 2.17. The zero-order valence-corrected chi connectivity index (χ0v) is 11.6. The van der Waals surface area contributed by atoms with E-state index in [1.807, 2.05) is 30.3 Å². The van der Waals surface area contributed by atoms with E-state index in [1.54, 1.807) is 6.92 Å². The van der Waals surface area contributed by atoms with Gasteiger partial charge in [0.15, 0.2) is 0 Å². The van der Waals surface area contributed by atoms with Crippen molar-refractivity contribution >= 4 is 29.1 Å². The minimum atomic E-state index is -0.844.